The molecule has 0 aromatic rings. The van der Waals surface area contributed by atoms with E-state index in [4.69, 9.17) is 4.74 Å². The average molecular weight is 253 g/mol. The third-order valence-corrected chi connectivity index (χ3v) is 5.13. The summed E-state index contributed by atoms with van der Waals surface area (Å²) in [6.07, 6.45) is 11.2. The number of hydrogen-bond acceptors (Lipinski definition) is 2. The molecule has 0 aromatic carbocycles. The number of hydrogen-bond donors (Lipinski definition) is 1. The van der Waals surface area contributed by atoms with Crippen molar-refractivity contribution < 1.29 is 4.74 Å². The van der Waals surface area contributed by atoms with Crippen LogP contribution in [-0.2, 0) is 4.74 Å². The summed E-state index contributed by atoms with van der Waals surface area (Å²) in [4.78, 5) is 0. The molecule has 1 aliphatic carbocycles. The monoisotopic (exact) mass is 253 g/mol. The average Bonchev–Trinajstić information content (AvgIpc) is 2.43. The third kappa shape index (κ3) is 3.71. The van der Waals surface area contributed by atoms with Gasteiger partial charge in [0.2, 0.25) is 0 Å². The van der Waals surface area contributed by atoms with Crippen molar-refractivity contribution >= 4 is 0 Å². The van der Waals surface area contributed by atoms with E-state index in [0.717, 1.165) is 31.0 Å². The van der Waals surface area contributed by atoms with Gasteiger partial charge in [0.15, 0.2) is 0 Å². The lowest BCUT2D eigenvalue weighted by atomic mass is 9.73. The minimum absolute atomic E-state index is 0.702. The smallest absolute Gasteiger partial charge is 0.0509 e. The highest BCUT2D eigenvalue weighted by Crippen LogP contribution is 2.36. The SMILES string of the molecule is CCCC1CCC(C(NC)C2CCCOC2)CC1. The van der Waals surface area contributed by atoms with Gasteiger partial charge in [-0.2, -0.15) is 0 Å². The highest BCUT2D eigenvalue weighted by atomic mass is 16.5. The number of rotatable bonds is 5. The Hall–Kier alpha value is -0.0800. The van der Waals surface area contributed by atoms with Crippen LogP contribution in [0.25, 0.3) is 0 Å². The van der Waals surface area contributed by atoms with E-state index in [1.165, 1.54) is 51.4 Å². The van der Waals surface area contributed by atoms with E-state index >= 15 is 0 Å². The molecule has 0 radical (unpaired) electrons. The number of nitrogens with one attached hydrogen (secondary N) is 1. The van der Waals surface area contributed by atoms with Crippen molar-refractivity contribution in [2.75, 3.05) is 20.3 Å². The van der Waals surface area contributed by atoms with Crippen molar-refractivity contribution in [3.63, 3.8) is 0 Å². The molecular weight excluding hydrogens is 222 g/mol. The van der Waals surface area contributed by atoms with Gasteiger partial charge in [0, 0.05) is 12.6 Å². The summed E-state index contributed by atoms with van der Waals surface area (Å²) in [5.41, 5.74) is 0. The molecule has 2 heteroatoms. The highest BCUT2D eigenvalue weighted by molar-refractivity contribution is 4.86. The van der Waals surface area contributed by atoms with Gasteiger partial charge < -0.3 is 10.1 Å². The van der Waals surface area contributed by atoms with Gasteiger partial charge in [-0.15, -0.1) is 0 Å². The fraction of sp³-hybridized carbons (Fsp3) is 1.00. The summed E-state index contributed by atoms with van der Waals surface area (Å²) in [6.45, 7) is 4.29. The molecular formula is C16H31NO. The van der Waals surface area contributed by atoms with Crippen molar-refractivity contribution in [1.29, 1.82) is 0 Å². The molecule has 2 fully saturated rings. The minimum atomic E-state index is 0.702. The zero-order valence-electron chi connectivity index (χ0n) is 12.3. The lowest BCUT2D eigenvalue weighted by molar-refractivity contribution is 0.0240. The molecule has 2 atom stereocenters. The van der Waals surface area contributed by atoms with Gasteiger partial charge in [-0.05, 0) is 50.5 Å². The van der Waals surface area contributed by atoms with Crippen LogP contribution in [-0.4, -0.2) is 26.3 Å². The van der Waals surface area contributed by atoms with Crippen LogP contribution in [0, 0.1) is 17.8 Å². The molecule has 1 heterocycles. The van der Waals surface area contributed by atoms with E-state index in [1.807, 2.05) is 0 Å². The molecule has 1 N–H and O–H groups in total. The number of ether oxygens (including phenoxy) is 1. The van der Waals surface area contributed by atoms with Crippen LogP contribution in [0.5, 0.6) is 0 Å². The lowest BCUT2D eigenvalue weighted by Crippen LogP contribution is -2.44. The second kappa shape index (κ2) is 7.49. The van der Waals surface area contributed by atoms with E-state index < -0.39 is 0 Å². The van der Waals surface area contributed by atoms with Crippen LogP contribution >= 0.6 is 0 Å². The largest absolute Gasteiger partial charge is 0.381 e. The van der Waals surface area contributed by atoms with Gasteiger partial charge >= 0.3 is 0 Å². The van der Waals surface area contributed by atoms with Gasteiger partial charge in [0.05, 0.1) is 6.61 Å². The Morgan fingerprint density at radius 2 is 1.89 bits per heavy atom. The van der Waals surface area contributed by atoms with Crippen molar-refractivity contribution in [1.82, 2.24) is 5.32 Å². The first kappa shape index (κ1) is 14.3. The molecule has 18 heavy (non-hydrogen) atoms. The van der Waals surface area contributed by atoms with E-state index in [2.05, 4.69) is 19.3 Å². The maximum Gasteiger partial charge on any atom is 0.0509 e. The third-order valence-electron chi connectivity index (χ3n) is 5.13. The molecule has 2 unspecified atom stereocenters. The highest BCUT2D eigenvalue weighted by Gasteiger charge is 2.32. The summed E-state index contributed by atoms with van der Waals surface area (Å²) in [5.74, 6) is 2.68. The summed E-state index contributed by atoms with van der Waals surface area (Å²) in [6, 6.07) is 0.702. The van der Waals surface area contributed by atoms with Crippen molar-refractivity contribution in [3.8, 4) is 0 Å². The Morgan fingerprint density at radius 3 is 2.44 bits per heavy atom. The Kier molecular flexibility index (Phi) is 5.97. The molecule has 2 nitrogen and oxygen atoms in total. The zero-order chi connectivity index (χ0) is 12.8. The summed E-state index contributed by atoms with van der Waals surface area (Å²) in [7, 11) is 2.15. The van der Waals surface area contributed by atoms with E-state index in [-0.39, 0.29) is 0 Å². The van der Waals surface area contributed by atoms with Crippen LogP contribution in [0.3, 0.4) is 0 Å². The first-order valence-corrected chi connectivity index (χ1v) is 8.10. The molecule has 2 rings (SSSR count). The standard InChI is InChI=1S/C16H31NO/c1-3-5-13-7-9-14(10-8-13)16(17-2)15-6-4-11-18-12-15/h13-17H,3-12H2,1-2H3. The molecule has 0 aromatic heterocycles. The molecule has 0 bridgehead atoms. The van der Waals surface area contributed by atoms with Gasteiger partial charge in [-0.1, -0.05) is 32.6 Å². The van der Waals surface area contributed by atoms with Crippen molar-refractivity contribution in [2.45, 2.75) is 64.3 Å². The zero-order valence-corrected chi connectivity index (χ0v) is 12.3. The van der Waals surface area contributed by atoms with E-state index in [0.29, 0.717) is 6.04 Å². The second-order valence-corrected chi connectivity index (χ2v) is 6.36. The fourth-order valence-electron chi connectivity index (χ4n) is 4.15. The Morgan fingerprint density at radius 1 is 1.11 bits per heavy atom. The molecule has 2 aliphatic rings. The molecule has 1 saturated carbocycles. The first-order chi connectivity index (χ1) is 8.85. The summed E-state index contributed by atoms with van der Waals surface area (Å²) in [5, 5.41) is 3.61. The van der Waals surface area contributed by atoms with E-state index in [9.17, 15) is 0 Å². The molecule has 0 spiro atoms. The fourth-order valence-corrected chi connectivity index (χ4v) is 4.15. The van der Waals surface area contributed by atoms with Gasteiger partial charge in [-0.3, -0.25) is 0 Å². The lowest BCUT2D eigenvalue weighted by Gasteiger charge is -2.39. The van der Waals surface area contributed by atoms with Crippen molar-refractivity contribution in [2.24, 2.45) is 17.8 Å². The normalized spacial score (nSPS) is 35.3. The molecule has 106 valence electrons. The molecule has 1 saturated heterocycles. The van der Waals surface area contributed by atoms with Crippen LogP contribution in [0.4, 0.5) is 0 Å². The Labute approximate surface area is 113 Å². The van der Waals surface area contributed by atoms with Crippen LogP contribution < -0.4 is 5.32 Å². The van der Waals surface area contributed by atoms with E-state index in [1.54, 1.807) is 0 Å². The van der Waals surface area contributed by atoms with Crippen molar-refractivity contribution in [3.05, 3.63) is 0 Å². The predicted octanol–water partition coefficient (Wildman–Crippen LogP) is 3.61. The maximum atomic E-state index is 5.68. The topological polar surface area (TPSA) is 21.3 Å². The quantitative estimate of drug-likeness (QED) is 0.808. The maximum absolute atomic E-state index is 5.68. The summed E-state index contributed by atoms with van der Waals surface area (Å²) < 4.78 is 5.68. The Bertz CT molecular complexity index is 217. The minimum Gasteiger partial charge on any atom is -0.381 e. The van der Waals surface area contributed by atoms with Crippen LogP contribution in [0.15, 0.2) is 0 Å². The first-order valence-electron chi connectivity index (χ1n) is 8.10. The molecule has 1 aliphatic heterocycles. The summed E-state index contributed by atoms with van der Waals surface area (Å²) >= 11 is 0. The molecule has 0 amide bonds. The predicted molar refractivity (Wildman–Crippen MR) is 76.7 cm³/mol. The Balaban J connectivity index is 1.81. The van der Waals surface area contributed by atoms with Gasteiger partial charge in [-0.25, -0.2) is 0 Å². The van der Waals surface area contributed by atoms with Crippen LogP contribution in [0.1, 0.15) is 58.3 Å². The van der Waals surface area contributed by atoms with Gasteiger partial charge in [0.1, 0.15) is 0 Å². The van der Waals surface area contributed by atoms with Crippen LogP contribution in [0.2, 0.25) is 0 Å². The second-order valence-electron chi connectivity index (χ2n) is 6.36. The van der Waals surface area contributed by atoms with Gasteiger partial charge in [0.25, 0.3) is 0 Å².